The maximum Gasteiger partial charge on any atom is 0.223 e. The SMILES string of the molecule is COC(CN1C(=O)CCCCC12CCC2)OC. The highest BCUT2D eigenvalue weighted by Crippen LogP contribution is 2.44. The van der Waals surface area contributed by atoms with Crippen molar-refractivity contribution < 1.29 is 14.3 Å². The molecule has 2 fully saturated rings. The number of likely N-dealkylation sites (tertiary alicyclic amines) is 1. The van der Waals surface area contributed by atoms with Crippen molar-refractivity contribution in [3.8, 4) is 0 Å². The Labute approximate surface area is 103 Å². The molecule has 98 valence electrons. The quantitative estimate of drug-likeness (QED) is 0.706. The number of amides is 1. The Bertz CT molecular complexity index is 272. The third-order valence-electron chi connectivity index (χ3n) is 4.30. The lowest BCUT2D eigenvalue weighted by atomic mass is 9.72. The van der Waals surface area contributed by atoms with Gasteiger partial charge in [0.05, 0.1) is 6.54 Å². The van der Waals surface area contributed by atoms with Crippen LogP contribution < -0.4 is 0 Å². The maximum atomic E-state index is 12.2. The lowest BCUT2D eigenvalue weighted by molar-refractivity contribution is -0.161. The third-order valence-corrected chi connectivity index (χ3v) is 4.30. The first-order valence-electron chi connectivity index (χ1n) is 6.58. The van der Waals surface area contributed by atoms with E-state index in [0.717, 1.165) is 25.7 Å². The van der Waals surface area contributed by atoms with Gasteiger partial charge < -0.3 is 14.4 Å². The first-order valence-corrected chi connectivity index (χ1v) is 6.58. The number of methoxy groups -OCH3 is 2. The van der Waals surface area contributed by atoms with E-state index in [-0.39, 0.29) is 17.7 Å². The molecule has 2 aliphatic rings. The van der Waals surface area contributed by atoms with Crippen molar-refractivity contribution in [3.05, 3.63) is 0 Å². The molecule has 0 aromatic carbocycles. The summed E-state index contributed by atoms with van der Waals surface area (Å²) >= 11 is 0. The molecule has 1 amide bonds. The van der Waals surface area contributed by atoms with Gasteiger partial charge in [0.2, 0.25) is 5.91 Å². The number of hydrogen-bond donors (Lipinski definition) is 0. The molecular formula is C13H23NO3. The van der Waals surface area contributed by atoms with Gasteiger partial charge in [0, 0.05) is 26.2 Å². The van der Waals surface area contributed by atoms with Gasteiger partial charge in [-0.05, 0) is 32.1 Å². The zero-order valence-corrected chi connectivity index (χ0v) is 10.9. The van der Waals surface area contributed by atoms with Crippen LogP contribution in [0, 0.1) is 0 Å². The molecule has 1 heterocycles. The van der Waals surface area contributed by atoms with Gasteiger partial charge in [-0.1, -0.05) is 6.42 Å². The van der Waals surface area contributed by atoms with Crippen LogP contribution in [0.5, 0.6) is 0 Å². The zero-order chi connectivity index (χ0) is 12.3. The van der Waals surface area contributed by atoms with E-state index in [9.17, 15) is 4.79 Å². The molecule has 1 aliphatic heterocycles. The summed E-state index contributed by atoms with van der Waals surface area (Å²) in [7, 11) is 3.26. The van der Waals surface area contributed by atoms with E-state index in [4.69, 9.17) is 9.47 Å². The lowest BCUT2D eigenvalue weighted by Gasteiger charge is -2.50. The topological polar surface area (TPSA) is 38.8 Å². The van der Waals surface area contributed by atoms with Crippen LogP contribution in [0.15, 0.2) is 0 Å². The predicted molar refractivity (Wildman–Crippen MR) is 64.6 cm³/mol. The van der Waals surface area contributed by atoms with E-state index in [1.54, 1.807) is 14.2 Å². The van der Waals surface area contributed by atoms with Gasteiger partial charge in [0.15, 0.2) is 6.29 Å². The second-order valence-electron chi connectivity index (χ2n) is 5.19. The molecule has 0 unspecified atom stereocenters. The van der Waals surface area contributed by atoms with Gasteiger partial charge in [0.1, 0.15) is 0 Å². The van der Waals surface area contributed by atoms with Crippen molar-refractivity contribution >= 4 is 5.91 Å². The molecule has 1 spiro atoms. The van der Waals surface area contributed by atoms with Gasteiger partial charge in [-0.3, -0.25) is 4.79 Å². The van der Waals surface area contributed by atoms with E-state index in [2.05, 4.69) is 0 Å². The van der Waals surface area contributed by atoms with Crippen LogP contribution in [0.25, 0.3) is 0 Å². The minimum atomic E-state index is -0.297. The Morgan fingerprint density at radius 1 is 1.18 bits per heavy atom. The third kappa shape index (κ3) is 2.47. The molecule has 0 aromatic rings. The highest BCUT2D eigenvalue weighted by molar-refractivity contribution is 5.77. The van der Waals surface area contributed by atoms with E-state index in [1.165, 1.54) is 12.8 Å². The largest absolute Gasteiger partial charge is 0.354 e. The number of carbonyl (C=O) groups excluding carboxylic acids is 1. The highest BCUT2D eigenvalue weighted by atomic mass is 16.7. The second kappa shape index (κ2) is 5.36. The Morgan fingerprint density at radius 2 is 1.82 bits per heavy atom. The molecule has 0 aromatic heterocycles. The molecule has 0 bridgehead atoms. The van der Waals surface area contributed by atoms with Crippen molar-refractivity contribution in [2.24, 2.45) is 0 Å². The van der Waals surface area contributed by atoms with E-state index < -0.39 is 0 Å². The van der Waals surface area contributed by atoms with Crippen LogP contribution in [-0.2, 0) is 14.3 Å². The van der Waals surface area contributed by atoms with E-state index >= 15 is 0 Å². The standard InChI is InChI=1S/C13H23NO3/c1-16-12(17-2)10-14-11(15)6-3-4-7-13(14)8-5-9-13/h12H,3-10H2,1-2H3. The lowest BCUT2D eigenvalue weighted by Crippen LogP contribution is -2.57. The summed E-state index contributed by atoms with van der Waals surface area (Å²) in [6.45, 7) is 0.575. The monoisotopic (exact) mass is 241 g/mol. The van der Waals surface area contributed by atoms with Crippen molar-refractivity contribution in [1.82, 2.24) is 4.90 Å². The second-order valence-corrected chi connectivity index (χ2v) is 5.19. The van der Waals surface area contributed by atoms with Gasteiger partial charge in [-0.15, -0.1) is 0 Å². The van der Waals surface area contributed by atoms with Crippen LogP contribution in [0.3, 0.4) is 0 Å². The maximum absolute atomic E-state index is 12.2. The van der Waals surface area contributed by atoms with Crippen LogP contribution >= 0.6 is 0 Å². The Balaban J connectivity index is 2.10. The fourth-order valence-electron chi connectivity index (χ4n) is 3.06. The summed E-state index contributed by atoms with van der Waals surface area (Å²) in [6, 6.07) is 0. The van der Waals surface area contributed by atoms with Crippen molar-refractivity contribution in [2.45, 2.75) is 56.8 Å². The zero-order valence-electron chi connectivity index (χ0n) is 10.9. The van der Waals surface area contributed by atoms with Crippen LogP contribution in [0.4, 0.5) is 0 Å². The molecule has 4 heteroatoms. The fourth-order valence-corrected chi connectivity index (χ4v) is 3.06. The van der Waals surface area contributed by atoms with Crippen LogP contribution in [-0.4, -0.2) is 43.4 Å². The number of nitrogens with zero attached hydrogens (tertiary/aromatic N) is 1. The molecule has 2 rings (SSSR count). The van der Waals surface area contributed by atoms with Crippen molar-refractivity contribution in [2.75, 3.05) is 20.8 Å². The summed E-state index contributed by atoms with van der Waals surface area (Å²) in [5.41, 5.74) is 0.128. The minimum absolute atomic E-state index is 0.128. The number of rotatable bonds is 4. The molecule has 1 aliphatic carbocycles. The summed E-state index contributed by atoms with van der Waals surface area (Å²) in [5.74, 6) is 0.279. The van der Waals surface area contributed by atoms with Gasteiger partial charge in [-0.2, -0.15) is 0 Å². The molecule has 17 heavy (non-hydrogen) atoms. The first-order chi connectivity index (χ1) is 8.22. The smallest absolute Gasteiger partial charge is 0.223 e. The molecular weight excluding hydrogens is 218 g/mol. The Kier molecular flexibility index (Phi) is 4.05. The Hall–Kier alpha value is -0.610. The van der Waals surface area contributed by atoms with Gasteiger partial charge in [0.25, 0.3) is 0 Å². The van der Waals surface area contributed by atoms with Crippen LogP contribution in [0.2, 0.25) is 0 Å². The van der Waals surface area contributed by atoms with Gasteiger partial charge in [-0.25, -0.2) is 0 Å². The Morgan fingerprint density at radius 3 is 2.35 bits per heavy atom. The molecule has 0 N–H and O–H groups in total. The highest BCUT2D eigenvalue weighted by Gasteiger charge is 2.45. The van der Waals surface area contributed by atoms with Crippen molar-refractivity contribution in [1.29, 1.82) is 0 Å². The fraction of sp³-hybridized carbons (Fsp3) is 0.923. The molecule has 1 saturated heterocycles. The van der Waals surface area contributed by atoms with Gasteiger partial charge >= 0.3 is 0 Å². The van der Waals surface area contributed by atoms with E-state index in [0.29, 0.717) is 13.0 Å². The van der Waals surface area contributed by atoms with Crippen molar-refractivity contribution in [3.63, 3.8) is 0 Å². The number of carbonyl (C=O) groups is 1. The summed E-state index contributed by atoms with van der Waals surface area (Å²) in [4.78, 5) is 14.2. The minimum Gasteiger partial charge on any atom is -0.354 e. The molecule has 4 nitrogen and oxygen atoms in total. The molecule has 0 atom stereocenters. The molecule has 0 radical (unpaired) electrons. The number of hydrogen-bond acceptors (Lipinski definition) is 3. The normalized spacial score (nSPS) is 23.9. The van der Waals surface area contributed by atoms with Crippen LogP contribution in [0.1, 0.15) is 44.9 Å². The number of ether oxygens (including phenoxy) is 2. The van der Waals surface area contributed by atoms with E-state index in [1.807, 2.05) is 4.90 Å². The first kappa shape index (κ1) is 12.8. The average molecular weight is 241 g/mol. The predicted octanol–water partition coefficient (Wildman–Crippen LogP) is 1.93. The average Bonchev–Trinajstić information content (AvgIpc) is 2.45. The summed E-state index contributed by atoms with van der Waals surface area (Å²) < 4.78 is 10.5. The summed E-state index contributed by atoms with van der Waals surface area (Å²) in [6.07, 6.45) is 7.29. The summed E-state index contributed by atoms with van der Waals surface area (Å²) in [5, 5.41) is 0. The molecule has 1 saturated carbocycles.